The minimum Gasteiger partial charge on any atom is -0.490 e. The maximum absolute atomic E-state index is 12.5. The molecule has 0 aliphatic rings. The molecule has 0 aliphatic carbocycles. The number of aryl methyl sites for hydroxylation is 1. The van der Waals surface area contributed by atoms with Gasteiger partial charge in [0.25, 0.3) is 5.91 Å². The van der Waals surface area contributed by atoms with Crippen molar-refractivity contribution in [3.05, 3.63) is 94.6 Å². The second kappa shape index (κ2) is 11.3. The van der Waals surface area contributed by atoms with Crippen molar-refractivity contribution in [1.82, 2.24) is 0 Å². The van der Waals surface area contributed by atoms with Crippen molar-refractivity contribution >= 4 is 23.6 Å². The largest absolute Gasteiger partial charge is 0.490 e. The van der Waals surface area contributed by atoms with Gasteiger partial charge in [0.05, 0.1) is 12.2 Å². The van der Waals surface area contributed by atoms with E-state index in [0.29, 0.717) is 29.4 Å². The van der Waals surface area contributed by atoms with E-state index in [1.807, 2.05) is 32.0 Å². The second-order valence-corrected chi connectivity index (χ2v) is 7.42. The molecule has 0 bridgehead atoms. The lowest BCUT2D eigenvalue weighted by Crippen LogP contribution is -2.13. The lowest BCUT2D eigenvalue weighted by Gasteiger charge is -2.13. The smallest absolute Gasteiger partial charge is 0.335 e. The van der Waals surface area contributed by atoms with Gasteiger partial charge in [-0.25, -0.2) is 4.79 Å². The Morgan fingerprint density at radius 1 is 1.00 bits per heavy atom. The van der Waals surface area contributed by atoms with Crippen LogP contribution in [-0.4, -0.2) is 23.6 Å². The highest BCUT2D eigenvalue weighted by Gasteiger charge is 2.12. The van der Waals surface area contributed by atoms with E-state index >= 15 is 0 Å². The van der Waals surface area contributed by atoms with Crippen molar-refractivity contribution in [3.63, 3.8) is 0 Å². The molecule has 0 radical (unpaired) electrons. The number of amides is 1. The molecular formula is C27H24N2O5. The molecule has 2 N–H and O–H groups in total. The molecule has 0 aromatic heterocycles. The Hall–Kier alpha value is -4.57. The fourth-order valence-electron chi connectivity index (χ4n) is 3.06. The highest BCUT2D eigenvalue weighted by Crippen LogP contribution is 2.30. The van der Waals surface area contributed by atoms with Gasteiger partial charge in [0.2, 0.25) is 0 Å². The topological polar surface area (TPSA) is 109 Å². The number of nitrogens with zero attached hydrogens (tertiary/aromatic N) is 1. The highest BCUT2D eigenvalue weighted by molar-refractivity contribution is 6.09. The SMILES string of the molecule is CCOc1cc(/C=C(/C#N)C(=O)Nc2ccc(C)cc2)ccc1OCc1ccc(C(=O)O)cc1. The Morgan fingerprint density at radius 3 is 2.32 bits per heavy atom. The van der Waals surface area contributed by atoms with Crippen LogP contribution >= 0.6 is 0 Å². The minimum absolute atomic E-state index is 0.0461. The molecule has 34 heavy (non-hydrogen) atoms. The molecule has 0 unspecified atom stereocenters. The third kappa shape index (κ3) is 6.47. The quantitative estimate of drug-likeness (QED) is 0.338. The molecule has 3 aromatic carbocycles. The number of carboxylic acid groups (broad SMARTS) is 1. The summed E-state index contributed by atoms with van der Waals surface area (Å²) in [6.07, 6.45) is 1.49. The molecule has 1 amide bonds. The number of rotatable bonds is 9. The number of aromatic carboxylic acids is 1. The maximum atomic E-state index is 12.5. The van der Waals surface area contributed by atoms with Crippen molar-refractivity contribution in [3.8, 4) is 17.6 Å². The first-order valence-corrected chi connectivity index (χ1v) is 10.6. The Morgan fingerprint density at radius 2 is 1.71 bits per heavy atom. The number of hydrogen-bond donors (Lipinski definition) is 2. The van der Waals surface area contributed by atoms with Gasteiger partial charge in [0, 0.05) is 5.69 Å². The number of carbonyl (C=O) groups excluding carboxylic acids is 1. The third-order valence-electron chi connectivity index (χ3n) is 4.85. The molecule has 0 spiro atoms. The fourth-order valence-corrected chi connectivity index (χ4v) is 3.06. The van der Waals surface area contributed by atoms with Gasteiger partial charge in [-0.05, 0) is 67.4 Å². The average molecular weight is 456 g/mol. The van der Waals surface area contributed by atoms with Gasteiger partial charge in [-0.3, -0.25) is 4.79 Å². The van der Waals surface area contributed by atoms with Gasteiger partial charge in [-0.15, -0.1) is 0 Å². The summed E-state index contributed by atoms with van der Waals surface area (Å²) in [6.45, 7) is 4.41. The molecule has 0 aliphatic heterocycles. The van der Waals surface area contributed by atoms with E-state index in [1.165, 1.54) is 18.2 Å². The predicted octanol–water partition coefficient (Wildman–Crippen LogP) is 5.22. The van der Waals surface area contributed by atoms with Gasteiger partial charge >= 0.3 is 5.97 Å². The molecule has 0 fully saturated rings. The van der Waals surface area contributed by atoms with Crippen LogP contribution in [0.1, 0.15) is 34.0 Å². The number of nitrogens with one attached hydrogen (secondary N) is 1. The predicted molar refractivity (Wildman–Crippen MR) is 129 cm³/mol. The summed E-state index contributed by atoms with van der Waals surface area (Å²) in [7, 11) is 0. The molecule has 3 aromatic rings. The number of carboxylic acids is 1. The summed E-state index contributed by atoms with van der Waals surface area (Å²) in [6, 6.07) is 20.8. The molecule has 0 heterocycles. The minimum atomic E-state index is -0.987. The lowest BCUT2D eigenvalue weighted by molar-refractivity contribution is -0.112. The second-order valence-electron chi connectivity index (χ2n) is 7.42. The number of anilines is 1. The number of ether oxygens (including phenoxy) is 2. The van der Waals surface area contributed by atoms with Crippen molar-refractivity contribution in [2.24, 2.45) is 0 Å². The van der Waals surface area contributed by atoms with Crippen LogP contribution in [0.15, 0.2) is 72.3 Å². The average Bonchev–Trinajstić information content (AvgIpc) is 2.83. The lowest BCUT2D eigenvalue weighted by atomic mass is 10.1. The number of hydrogen-bond acceptors (Lipinski definition) is 5. The van der Waals surface area contributed by atoms with Crippen LogP contribution in [0.5, 0.6) is 11.5 Å². The third-order valence-corrected chi connectivity index (χ3v) is 4.85. The van der Waals surface area contributed by atoms with Crippen molar-refractivity contribution in [1.29, 1.82) is 5.26 Å². The van der Waals surface area contributed by atoms with Gasteiger partial charge in [-0.1, -0.05) is 35.9 Å². The van der Waals surface area contributed by atoms with E-state index in [4.69, 9.17) is 14.6 Å². The van der Waals surface area contributed by atoms with Crippen LogP contribution in [-0.2, 0) is 11.4 Å². The van der Waals surface area contributed by atoms with Gasteiger partial charge in [0.1, 0.15) is 18.2 Å². The molecule has 7 heteroatoms. The van der Waals surface area contributed by atoms with Crippen molar-refractivity contribution in [2.75, 3.05) is 11.9 Å². The standard InChI is InChI=1S/C27H24N2O5/c1-3-33-25-15-20(14-22(16-28)26(30)29-23-11-4-18(2)5-12-23)8-13-24(25)34-17-19-6-9-21(10-7-19)27(31)32/h4-15H,3,17H2,1-2H3,(H,29,30)(H,31,32)/b22-14-. The molecule has 7 nitrogen and oxygen atoms in total. The van der Waals surface area contributed by atoms with Crippen molar-refractivity contribution in [2.45, 2.75) is 20.5 Å². The normalized spacial score (nSPS) is 10.8. The summed E-state index contributed by atoms with van der Waals surface area (Å²) in [5, 5.41) is 21.2. The van der Waals surface area contributed by atoms with E-state index in [-0.39, 0.29) is 17.7 Å². The highest BCUT2D eigenvalue weighted by atomic mass is 16.5. The summed E-state index contributed by atoms with van der Waals surface area (Å²) in [5.41, 5.74) is 3.24. The zero-order chi connectivity index (χ0) is 24.5. The first kappa shape index (κ1) is 24.1. The zero-order valence-electron chi connectivity index (χ0n) is 18.9. The van der Waals surface area contributed by atoms with Crippen LogP contribution < -0.4 is 14.8 Å². The molecular weight excluding hydrogens is 432 g/mol. The Labute approximate surface area is 197 Å². The zero-order valence-corrected chi connectivity index (χ0v) is 18.9. The summed E-state index contributed by atoms with van der Waals surface area (Å²) in [4.78, 5) is 23.5. The van der Waals surface area contributed by atoms with Crippen LogP contribution in [0, 0.1) is 18.3 Å². The monoisotopic (exact) mass is 456 g/mol. The van der Waals surface area contributed by atoms with Gasteiger partial charge in [0.15, 0.2) is 11.5 Å². The molecule has 0 saturated heterocycles. The fraction of sp³-hybridized carbons (Fsp3) is 0.148. The van der Waals surface area contributed by atoms with E-state index in [1.54, 1.807) is 42.5 Å². The Balaban J connectivity index is 1.75. The maximum Gasteiger partial charge on any atom is 0.335 e. The van der Waals surface area contributed by atoms with Gasteiger partial charge in [-0.2, -0.15) is 5.26 Å². The first-order chi connectivity index (χ1) is 16.4. The molecule has 3 rings (SSSR count). The van der Waals surface area contributed by atoms with Crippen LogP contribution in [0.25, 0.3) is 6.08 Å². The summed E-state index contributed by atoms with van der Waals surface area (Å²) in [5.74, 6) is -0.535. The summed E-state index contributed by atoms with van der Waals surface area (Å²) < 4.78 is 11.5. The van der Waals surface area contributed by atoms with Crippen LogP contribution in [0.4, 0.5) is 5.69 Å². The molecule has 0 atom stereocenters. The number of benzene rings is 3. The van der Waals surface area contributed by atoms with E-state index in [0.717, 1.165) is 11.1 Å². The van der Waals surface area contributed by atoms with E-state index in [9.17, 15) is 14.9 Å². The van der Waals surface area contributed by atoms with E-state index in [2.05, 4.69) is 5.32 Å². The van der Waals surface area contributed by atoms with Gasteiger partial charge < -0.3 is 19.9 Å². The number of carbonyl (C=O) groups is 2. The Bertz CT molecular complexity index is 1240. The first-order valence-electron chi connectivity index (χ1n) is 10.6. The molecule has 0 saturated carbocycles. The molecule has 172 valence electrons. The summed E-state index contributed by atoms with van der Waals surface area (Å²) >= 11 is 0. The van der Waals surface area contributed by atoms with Crippen molar-refractivity contribution < 1.29 is 24.2 Å². The number of nitriles is 1. The van der Waals surface area contributed by atoms with Crippen LogP contribution in [0.2, 0.25) is 0 Å². The Kier molecular flexibility index (Phi) is 8.03. The van der Waals surface area contributed by atoms with Crippen LogP contribution in [0.3, 0.4) is 0 Å². The van der Waals surface area contributed by atoms with E-state index < -0.39 is 11.9 Å².